The Morgan fingerprint density at radius 2 is 1.86 bits per heavy atom. The van der Waals surface area contributed by atoms with E-state index < -0.39 is 0 Å². The van der Waals surface area contributed by atoms with Crippen molar-refractivity contribution in [2.75, 3.05) is 46.0 Å². The first-order valence-corrected chi connectivity index (χ1v) is 11.0. The Labute approximate surface area is 170 Å². The Morgan fingerprint density at radius 1 is 1.14 bits per heavy atom. The van der Waals surface area contributed by atoms with Gasteiger partial charge in [-0.2, -0.15) is 0 Å². The van der Waals surface area contributed by atoms with E-state index in [0.29, 0.717) is 18.4 Å². The van der Waals surface area contributed by atoms with E-state index in [9.17, 15) is 4.79 Å². The summed E-state index contributed by atoms with van der Waals surface area (Å²) >= 11 is 0. The number of hydrogen-bond acceptors (Lipinski definition) is 4. The molecule has 2 saturated heterocycles. The Hall–Kier alpha value is -1.59. The third-order valence-electron chi connectivity index (χ3n) is 6.08. The van der Waals surface area contributed by atoms with Crippen molar-refractivity contribution in [1.82, 2.24) is 9.80 Å². The van der Waals surface area contributed by atoms with Gasteiger partial charge < -0.3 is 14.4 Å². The van der Waals surface area contributed by atoms with E-state index in [2.05, 4.69) is 47.9 Å². The zero-order chi connectivity index (χ0) is 19.8. The fourth-order valence-corrected chi connectivity index (χ4v) is 4.22. The number of hydrogen-bond donors (Lipinski definition) is 0. The SMILES string of the molecule is CCC(CC)C(=O)N1CCC[C@H](COc2ccc(CN3CCOCC3)cc2)C1. The van der Waals surface area contributed by atoms with Crippen LogP contribution in [0.2, 0.25) is 0 Å². The minimum atomic E-state index is 0.179. The lowest BCUT2D eigenvalue weighted by Crippen LogP contribution is -2.44. The van der Waals surface area contributed by atoms with Crippen LogP contribution in [0.3, 0.4) is 0 Å². The average Bonchev–Trinajstić information content (AvgIpc) is 2.75. The van der Waals surface area contributed by atoms with E-state index in [-0.39, 0.29) is 5.92 Å². The van der Waals surface area contributed by atoms with E-state index in [4.69, 9.17) is 9.47 Å². The smallest absolute Gasteiger partial charge is 0.225 e. The molecule has 28 heavy (non-hydrogen) atoms. The second kappa shape index (κ2) is 10.8. The van der Waals surface area contributed by atoms with Gasteiger partial charge in [0.2, 0.25) is 5.91 Å². The second-order valence-electron chi connectivity index (χ2n) is 8.15. The molecule has 156 valence electrons. The van der Waals surface area contributed by atoms with E-state index in [1.54, 1.807) is 0 Å². The number of likely N-dealkylation sites (tertiary alicyclic amines) is 1. The molecule has 2 aliphatic heterocycles. The molecule has 0 saturated carbocycles. The van der Waals surface area contributed by atoms with Crippen LogP contribution in [0.25, 0.3) is 0 Å². The van der Waals surface area contributed by atoms with E-state index >= 15 is 0 Å². The minimum absolute atomic E-state index is 0.179. The molecule has 0 aromatic heterocycles. The van der Waals surface area contributed by atoms with E-state index in [1.165, 1.54) is 5.56 Å². The summed E-state index contributed by atoms with van der Waals surface area (Å²) in [6, 6.07) is 8.47. The molecule has 1 amide bonds. The lowest BCUT2D eigenvalue weighted by Gasteiger charge is -2.34. The van der Waals surface area contributed by atoms with Crippen LogP contribution in [0.5, 0.6) is 5.75 Å². The normalized spacial score (nSPS) is 21.1. The Balaban J connectivity index is 1.45. The van der Waals surface area contributed by atoms with Gasteiger partial charge in [0.15, 0.2) is 0 Å². The molecule has 0 radical (unpaired) electrons. The van der Waals surface area contributed by atoms with Gasteiger partial charge in [0, 0.05) is 44.6 Å². The first-order chi connectivity index (χ1) is 13.7. The fraction of sp³-hybridized carbons (Fsp3) is 0.696. The number of piperidine rings is 1. The summed E-state index contributed by atoms with van der Waals surface area (Å²) in [6.07, 6.45) is 4.09. The molecule has 5 nitrogen and oxygen atoms in total. The first-order valence-electron chi connectivity index (χ1n) is 11.0. The molecular weight excluding hydrogens is 352 g/mol. The number of morpholine rings is 1. The van der Waals surface area contributed by atoms with Crippen molar-refractivity contribution < 1.29 is 14.3 Å². The van der Waals surface area contributed by atoms with Gasteiger partial charge in [0.1, 0.15) is 5.75 Å². The van der Waals surface area contributed by atoms with Gasteiger partial charge in [-0.3, -0.25) is 9.69 Å². The van der Waals surface area contributed by atoms with Gasteiger partial charge in [-0.05, 0) is 43.4 Å². The maximum absolute atomic E-state index is 12.7. The molecule has 0 unspecified atom stereocenters. The third-order valence-corrected chi connectivity index (χ3v) is 6.08. The molecule has 0 N–H and O–H groups in total. The molecule has 2 fully saturated rings. The number of benzene rings is 1. The number of rotatable bonds is 8. The van der Waals surface area contributed by atoms with Crippen LogP contribution in [0.4, 0.5) is 0 Å². The predicted molar refractivity (Wildman–Crippen MR) is 111 cm³/mol. The Bertz CT molecular complexity index is 594. The molecular formula is C23H36N2O3. The topological polar surface area (TPSA) is 42.0 Å². The van der Waals surface area contributed by atoms with Crippen LogP contribution in [-0.2, 0) is 16.1 Å². The van der Waals surface area contributed by atoms with Gasteiger partial charge in [-0.25, -0.2) is 0 Å². The molecule has 2 heterocycles. The second-order valence-corrected chi connectivity index (χ2v) is 8.15. The highest BCUT2D eigenvalue weighted by Gasteiger charge is 2.27. The molecule has 0 bridgehead atoms. The van der Waals surface area contributed by atoms with Gasteiger partial charge >= 0.3 is 0 Å². The number of carbonyl (C=O) groups is 1. The van der Waals surface area contributed by atoms with Gasteiger partial charge in [-0.15, -0.1) is 0 Å². The van der Waals surface area contributed by atoms with Crippen LogP contribution >= 0.6 is 0 Å². The van der Waals surface area contributed by atoms with Crippen molar-refractivity contribution in [1.29, 1.82) is 0 Å². The number of carbonyl (C=O) groups excluding carboxylic acids is 1. The molecule has 0 spiro atoms. The van der Waals surface area contributed by atoms with Crippen molar-refractivity contribution in [2.45, 2.75) is 46.1 Å². The fourth-order valence-electron chi connectivity index (χ4n) is 4.22. The van der Waals surface area contributed by atoms with Crippen LogP contribution in [0.15, 0.2) is 24.3 Å². The quantitative estimate of drug-likeness (QED) is 0.683. The number of ether oxygens (including phenoxy) is 2. The molecule has 1 aromatic carbocycles. The van der Waals surface area contributed by atoms with Crippen molar-refractivity contribution in [3.8, 4) is 5.75 Å². The lowest BCUT2D eigenvalue weighted by molar-refractivity contribution is -0.137. The van der Waals surface area contributed by atoms with Crippen LogP contribution in [0, 0.1) is 11.8 Å². The van der Waals surface area contributed by atoms with Crippen molar-refractivity contribution >= 4 is 5.91 Å². The molecule has 2 aliphatic rings. The molecule has 1 aromatic rings. The lowest BCUT2D eigenvalue weighted by atomic mass is 9.95. The summed E-state index contributed by atoms with van der Waals surface area (Å²) in [5, 5.41) is 0. The molecule has 1 atom stereocenters. The summed E-state index contributed by atoms with van der Waals surface area (Å²) in [6.45, 7) is 11.3. The van der Waals surface area contributed by atoms with E-state index in [1.807, 2.05) is 0 Å². The van der Waals surface area contributed by atoms with Crippen LogP contribution in [0.1, 0.15) is 45.1 Å². The molecule has 0 aliphatic carbocycles. The van der Waals surface area contributed by atoms with Crippen LogP contribution < -0.4 is 4.74 Å². The number of nitrogens with zero attached hydrogens (tertiary/aromatic N) is 2. The van der Waals surface area contributed by atoms with Crippen molar-refractivity contribution in [3.05, 3.63) is 29.8 Å². The van der Waals surface area contributed by atoms with E-state index in [0.717, 1.165) is 77.4 Å². The largest absolute Gasteiger partial charge is 0.493 e. The summed E-state index contributed by atoms with van der Waals surface area (Å²) < 4.78 is 11.5. The highest BCUT2D eigenvalue weighted by molar-refractivity contribution is 5.78. The average molecular weight is 389 g/mol. The zero-order valence-corrected chi connectivity index (χ0v) is 17.6. The van der Waals surface area contributed by atoms with Gasteiger partial charge in [0.05, 0.1) is 19.8 Å². The third kappa shape index (κ3) is 5.95. The van der Waals surface area contributed by atoms with Gasteiger partial charge in [0.25, 0.3) is 0 Å². The standard InChI is InChI=1S/C23H36N2O3/c1-3-21(4-2)23(26)25-11-5-6-20(17-25)18-28-22-9-7-19(8-10-22)16-24-12-14-27-15-13-24/h7-10,20-21H,3-6,11-18H2,1-2H3/t20-/m0/s1. The Kier molecular flexibility index (Phi) is 8.16. The van der Waals surface area contributed by atoms with Crippen molar-refractivity contribution in [3.63, 3.8) is 0 Å². The Morgan fingerprint density at radius 3 is 2.54 bits per heavy atom. The van der Waals surface area contributed by atoms with Crippen LogP contribution in [-0.4, -0.2) is 61.7 Å². The monoisotopic (exact) mass is 388 g/mol. The molecule has 5 heteroatoms. The summed E-state index contributed by atoms with van der Waals surface area (Å²) in [4.78, 5) is 17.1. The number of amides is 1. The molecule has 3 rings (SSSR count). The summed E-state index contributed by atoms with van der Waals surface area (Å²) in [5.41, 5.74) is 1.31. The van der Waals surface area contributed by atoms with Crippen molar-refractivity contribution in [2.24, 2.45) is 11.8 Å². The minimum Gasteiger partial charge on any atom is -0.493 e. The highest BCUT2D eigenvalue weighted by atomic mass is 16.5. The summed E-state index contributed by atoms with van der Waals surface area (Å²) in [5.74, 6) is 1.87. The predicted octanol–water partition coefficient (Wildman–Crippen LogP) is 3.57. The maximum atomic E-state index is 12.7. The zero-order valence-electron chi connectivity index (χ0n) is 17.6. The highest BCUT2D eigenvalue weighted by Crippen LogP contribution is 2.22. The maximum Gasteiger partial charge on any atom is 0.225 e. The van der Waals surface area contributed by atoms with Gasteiger partial charge in [-0.1, -0.05) is 26.0 Å². The summed E-state index contributed by atoms with van der Waals surface area (Å²) in [7, 11) is 0. The first kappa shape index (κ1) is 21.1.